The summed E-state index contributed by atoms with van der Waals surface area (Å²) in [6.07, 6.45) is 2.43. The van der Waals surface area contributed by atoms with Gasteiger partial charge in [-0.25, -0.2) is 9.89 Å². The lowest BCUT2D eigenvalue weighted by Gasteiger charge is -2.35. The zero-order valence-electron chi connectivity index (χ0n) is 12.6. The van der Waals surface area contributed by atoms with Crippen molar-refractivity contribution in [1.29, 1.82) is 0 Å². The molecule has 2 aliphatic rings. The van der Waals surface area contributed by atoms with Crippen molar-refractivity contribution in [3.8, 4) is 0 Å². The van der Waals surface area contributed by atoms with Crippen LogP contribution in [0, 0.1) is 0 Å². The van der Waals surface area contributed by atoms with Gasteiger partial charge in [-0.15, -0.1) is 0 Å². The highest BCUT2D eigenvalue weighted by Gasteiger charge is 2.43. The van der Waals surface area contributed by atoms with Gasteiger partial charge < -0.3 is 10.2 Å². The summed E-state index contributed by atoms with van der Waals surface area (Å²) >= 11 is 9.34. The van der Waals surface area contributed by atoms with Crippen LogP contribution in [0.4, 0.5) is 10.5 Å². The summed E-state index contributed by atoms with van der Waals surface area (Å²) < 4.78 is 0.730. The molecule has 124 valence electrons. The van der Waals surface area contributed by atoms with Crippen molar-refractivity contribution >= 4 is 39.2 Å². The summed E-state index contributed by atoms with van der Waals surface area (Å²) in [7, 11) is 0. The molecule has 1 aromatic heterocycles. The third-order valence-corrected chi connectivity index (χ3v) is 5.81. The van der Waals surface area contributed by atoms with Gasteiger partial charge >= 0.3 is 6.03 Å². The smallest absolute Gasteiger partial charge is 0.313 e. The molecule has 2 amide bonds. The van der Waals surface area contributed by atoms with E-state index in [9.17, 15) is 9.59 Å². The molecule has 4 rings (SSSR count). The highest BCUT2D eigenvalue weighted by Crippen LogP contribution is 2.42. The summed E-state index contributed by atoms with van der Waals surface area (Å²) in [6.45, 7) is 0. The number of rotatable bonds is 1. The minimum absolute atomic E-state index is 0.0914. The SMILES string of the molecule is O=C(Nc1ccc(Cl)c(Br)c1)N1[C@H]2CC[C@@H]1c1n[nH]c(=O)cc1C2. The number of carbonyl (C=O) groups excluding carboxylic acids is 1. The molecule has 2 bridgehead atoms. The van der Waals surface area contributed by atoms with Gasteiger partial charge in [0, 0.05) is 22.3 Å². The van der Waals surface area contributed by atoms with E-state index >= 15 is 0 Å². The number of amides is 2. The van der Waals surface area contributed by atoms with E-state index in [-0.39, 0.29) is 23.7 Å². The Bertz CT molecular complexity index is 885. The van der Waals surface area contributed by atoms with Gasteiger partial charge in [-0.3, -0.25) is 4.79 Å². The lowest BCUT2D eigenvalue weighted by molar-refractivity contribution is 0.177. The number of fused-ring (bicyclic) bond motifs is 4. The summed E-state index contributed by atoms with van der Waals surface area (Å²) in [6, 6.07) is 6.71. The number of benzene rings is 1. The van der Waals surface area contributed by atoms with Crippen molar-refractivity contribution in [2.75, 3.05) is 5.32 Å². The van der Waals surface area contributed by atoms with Crippen LogP contribution in [-0.2, 0) is 6.42 Å². The molecule has 6 nitrogen and oxygen atoms in total. The molecule has 1 saturated heterocycles. The third-order valence-electron chi connectivity index (χ3n) is 4.60. The van der Waals surface area contributed by atoms with Crippen molar-refractivity contribution in [3.63, 3.8) is 0 Å². The van der Waals surface area contributed by atoms with Crippen molar-refractivity contribution < 1.29 is 4.79 Å². The predicted octanol–water partition coefficient (Wildman–Crippen LogP) is 3.48. The topological polar surface area (TPSA) is 78.1 Å². The van der Waals surface area contributed by atoms with Crippen LogP contribution in [0.5, 0.6) is 0 Å². The van der Waals surface area contributed by atoms with Gasteiger partial charge in [0.05, 0.1) is 16.8 Å². The minimum Gasteiger partial charge on any atom is -0.313 e. The molecule has 0 unspecified atom stereocenters. The summed E-state index contributed by atoms with van der Waals surface area (Å²) in [5, 5.41) is 10.2. The first-order valence-electron chi connectivity index (χ1n) is 7.66. The van der Waals surface area contributed by atoms with Crippen LogP contribution in [0.3, 0.4) is 0 Å². The van der Waals surface area contributed by atoms with E-state index in [0.717, 1.165) is 28.6 Å². The van der Waals surface area contributed by atoms with Crippen molar-refractivity contribution in [2.45, 2.75) is 31.3 Å². The van der Waals surface area contributed by atoms with E-state index in [1.165, 1.54) is 0 Å². The van der Waals surface area contributed by atoms with Crippen LogP contribution in [0.2, 0.25) is 5.02 Å². The Kier molecular flexibility index (Phi) is 3.85. The highest BCUT2D eigenvalue weighted by molar-refractivity contribution is 9.10. The first-order valence-corrected chi connectivity index (χ1v) is 8.83. The number of nitrogens with one attached hydrogen (secondary N) is 2. The van der Waals surface area contributed by atoms with Gasteiger partial charge in [-0.1, -0.05) is 11.6 Å². The Morgan fingerprint density at radius 1 is 1.38 bits per heavy atom. The van der Waals surface area contributed by atoms with Crippen molar-refractivity contribution in [1.82, 2.24) is 15.1 Å². The number of aromatic amines is 1. The summed E-state index contributed by atoms with van der Waals surface area (Å²) in [4.78, 5) is 26.1. The fourth-order valence-corrected chi connectivity index (χ4v) is 4.07. The number of anilines is 1. The number of hydrogen-bond acceptors (Lipinski definition) is 3. The van der Waals surface area contributed by atoms with Crippen LogP contribution in [-0.4, -0.2) is 27.2 Å². The zero-order valence-corrected chi connectivity index (χ0v) is 14.9. The molecule has 2 atom stereocenters. The van der Waals surface area contributed by atoms with Crippen LogP contribution in [0.25, 0.3) is 0 Å². The molecule has 0 radical (unpaired) electrons. The van der Waals surface area contributed by atoms with Crippen LogP contribution in [0.1, 0.15) is 30.1 Å². The maximum Gasteiger partial charge on any atom is 0.322 e. The Morgan fingerprint density at radius 2 is 2.21 bits per heavy atom. The van der Waals surface area contributed by atoms with Gasteiger partial charge in [0.15, 0.2) is 0 Å². The molecular formula is C16H14BrClN4O2. The molecule has 2 aliphatic heterocycles. The molecule has 0 aliphatic carbocycles. The first kappa shape index (κ1) is 15.7. The predicted molar refractivity (Wildman–Crippen MR) is 94.3 cm³/mol. The van der Waals surface area contributed by atoms with Gasteiger partial charge in [-0.2, -0.15) is 5.10 Å². The number of urea groups is 1. The van der Waals surface area contributed by atoms with Gasteiger partial charge in [-0.05, 0) is 59.0 Å². The molecule has 24 heavy (non-hydrogen) atoms. The van der Waals surface area contributed by atoms with Gasteiger partial charge in [0.1, 0.15) is 0 Å². The molecule has 0 saturated carbocycles. The molecule has 2 N–H and O–H groups in total. The average Bonchev–Trinajstić information content (AvgIpc) is 2.86. The number of nitrogens with zero attached hydrogens (tertiary/aromatic N) is 2. The fourth-order valence-electron chi connectivity index (χ4n) is 3.58. The van der Waals surface area contributed by atoms with Gasteiger partial charge in [0.2, 0.25) is 0 Å². The van der Waals surface area contributed by atoms with E-state index in [2.05, 4.69) is 31.4 Å². The largest absolute Gasteiger partial charge is 0.322 e. The normalized spacial score (nSPS) is 21.5. The van der Waals surface area contributed by atoms with E-state index < -0.39 is 0 Å². The van der Waals surface area contributed by atoms with Crippen LogP contribution < -0.4 is 10.9 Å². The third kappa shape index (κ3) is 2.61. The second-order valence-electron chi connectivity index (χ2n) is 6.06. The standard InChI is InChI=1S/C16H14BrClN4O2/c17-11-7-9(1-3-12(11)18)19-16(24)22-10-2-4-13(22)15-8(5-10)6-14(23)20-21-15/h1,3,6-7,10,13H,2,4-5H2,(H,19,24)(H,20,23)/t10-,13+/m0/s1. The molecule has 2 aromatic rings. The zero-order chi connectivity index (χ0) is 16.8. The molecule has 1 aromatic carbocycles. The quantitative estimate of drug-likeness (QED) is 0.757. The second-order valence-corrected chi connectivity index (χ2v) is 7.32. The number of halogens is 2. The Hall–Kier alpha value is -1.86. The Balaban J connectivity index is 1.60. The van der Waals surface area contributed by atoms with Gasteiger partial charge in [0.25, 0.3) is 5.56 Å². The maximum atomic E-state index is 12.8. The monoisotopic (exact) mass is 408 g/mol. The Labute approximate surface area is 151 Å². The first-order chi connectivity index (χ1) is 11.5. The van der Waals surface area contributed by atoms with Crippen LogP contribution >= 0.6 is 27.5 Å². The second kappa shape index (κ2) is 5.89. The summed E-state index contributed by atoms with van der Waals surface area (Å²) in [5.74, 6) is 0. The fraction of sp³-hybridized carbons (Fsp3) is 0.312. The number of aromatic nitrogens is 2. The minimum atomic E-state index is -0.197. The van der Waals surface area contributed by atoms with E-state index in [1.807, 2.05) is 4.90 Å². The van der Waals surface area contributed by atoms with Crippen molar-refractivity contribution in [2.24, 2.45) is 0 Å². The molecular weight excluding hydrogens is 396 g/mol. The summed E-state index contributed by atoms with van der Waals surface area (Å²) in [5.41, 5.74) is 2.23. The lowest BCUT2D eigenvalue weighted by atomic mass is 9.99. The van der Waals surface area contributed by atoms with E-state index in [4.69, 9.17) is 11.6 Å². The highest BCUT2D eigenvalue weighted by atomic mass is 79.9. The molecule has 0 spiro atoms. The van der Waals surface area contributed by atoms with Crippen molar-refractivity contribution in [3.05, 3.63) is 55.4 Å². The lowest BCUT2D eigenvalue weighted by Crippen LogP contribution is -2.45. The molecule has 1 fully saturated rings. The molecule has 3 heterocycles. The molecule has 8 heteroatoms. The van der Waals surface area contributed by atoms with E-state index in [0.29, 0.717) is 17.1 Å². The van der Waals surface area contributed by atoms with Crippen LogP contribution in [0.15, 0.2) is 33.5 Å². The number of H-pyrrole nitrogens is 1. The average molecular weight is 410 g/mol. The number of hydrogen-bond donors (Lipinski definition) is 2. The maximum absolute atomic E-state index is 12.8. The van der Waals surface area contributed by atoms with E-state index in [1.54, 1.807) is 24.3 Å². The Morgan fingerprint density at radius 3 is 3.00 bits per heavy atom. The number of carbonyl (C=O) groups is 1.